The van der Waals surface area contributed by atoms with Gasteiger partial charge in [0.2, 0.25) is 0 Å². The zero-order valence-electron chi connectivity index (χ0n) is 25.0. The molecule has 0 bridgehead atoms. The van der Waals surface area contributed by atoms with E-state index in [1.165, 1.54) is 0 Å². The van der Waals surface area contributed by atoms with Crippen LogP contribution in [-0.2, 0) is 36.9 Å². The van der Waals surface area contributed by atoms with Crippen LogP contribution in [0.2, 0.25) is 0 Å². The van der Waals surface area contributed by atoms with Crippen LogP contribution in [0.15, 0.2) is 42.5 Å². The molecule has 1 fully saturated rings. The molecule has 230 valence electrons. The van der Waals surface area contributed by atoms with Crippen molar-refractivity contribution < 1.29 is 33.9 Å². The van der Waals surface area contributed by atoms with Gasteiger partial charge in [0.1, 0.15) is 5.75 Å². The monoisotopic (exact) mass is 574 g/mol. The third-order valence-corrected chi connectivity index (χ3v) is 7.25. The largest absolute Gasteiger partial charge is 0.506 e. The highest BCUT2D eigenvalue weighted by molar-refractivity contribution is 5.57. The van der Waals surface area contributed by atoms with Crippen molar-refractivity contribution in [3.8, 4) is 5.75 Å². The van der Waals surface area contributed by atoms with E-state index in [9.17, 15) is 10.2 Å². The van der Waals surface area contributed by atoms with E-state index in [1.54, 1.807) is 20.3 Å². The fourth-order valence-corrected chi connectivity index (χ4v) is 5.06. The number of methoxy groups -OCH3 is 2. The average Bonchev–Trinajstić information content (AvgIpc) is 2.99. The molecule has 0 spiro atoms. The van der Waals surface area contributed by atoms with Gasteiger partial charge in [-0.3, -0.25) is 0 Å². The summed E-state index contributed by atoms with van der Waals surface area (Å²) in [5.74, 6) is 0.204. The Morgan fingerprint density at radius 1 is 0.902 bits per heavy atom. The summed E-state index contributed by atoms with van der Waals surface area (Å²) in [5, 5.41) is 27.4. The molecule has 1 aliphatic rings. The van der Waals surface area contributed by atoms with Crippen molar-refractivity contribution in [2.75, 3.05) is 65.6 Å². The fourth-order valence-electron chi connectivity index (χ4n) is 5.06. The van der Waals surface area contributed by atoms with Gasteiger partial charge in [0.05, 0.1) is 43.8 Å². The quantitative estimate of drug-likeness (QED) is 0.137. The van der Waals surface area contributed by atoms with Gasteiger partial charge >= 0.3 is 0 Å². The predicted octanol–water partition coefficient (Wildman–Crippen LogP) is 4.21. The fraction of sp³-hybridized carbons (Fsp3) is 0.625. The van der Waals surface area contributed by atoms with Crippen molar-refractivity contribution >= 4 is 5.69 Å². The van der Waals surface area contributed by atoms with E-state index in [-0.39, 0.29) is 23.9 Å². The minimum atomic E-state index is -0.480. The minimum absolute atomic E-state index is 0.00879. The normalized spacial score (nSPS) is 19.8. The summed E-state index contributed by atoms with van der Waals surface area (Å²) in [6, 6.07) is 14.0. The number of aromatic hydroxyl groups is 1. The van der Waals surface area contributed by atoms with Gasteiger partial charge in [0.15, 0.2) is 0 Å². The van der Waals surface area contributed by atoms with E-state index >= 15 is 0 Å². The number of benzene rings is 2. The first kappa shape index (κ1) is 33.3. The van der Waals surface area contributed by atoms with Gasteiger partial charge in [-0.2, -0.15) is 0 Å². The van der Waals surface area contributed by atoms with Crippen LogP contribution in [0.1, 0.15) is 55.2 Å². The number of aliphatic hydroxyl groups excluding tert-OH is 1. The van der Waals surface area contributed by atoms with Gasteiger partial charge in [-0.25, -0.2) is 0 Å². The summed E-state index contributed by atoms with van der Waals surface area (Å²) in [6.45, 7) is 7.41. The highest BCUT2D eigenvalue weighted by Gasteiger charge is 2.36. The molecule has 1 aliphatic heterocycles. The Morgan fingerprint density at radius 3 is 2.34 bits per heavy atom. The topological polar surface area (TPSA) is 111 Å². The lowest BCUT2D eigenvalue weighted by Crippen LogP contribution is -2.51. The molecule has 41 heavy (non-hydrogen) atoms. The number of hydrogen-bond acceptors (Lipinski definition) is 9. The van der Waals surface area contributed by atoms with Gasteiger partial charge in [-0.1, -0.05) is 43.7 Å². The first-order valence-electron chi connectivity index (χ1n) is 14.9. The van der Waals surface area contributed by atoms with E-state index in [1.807, 2.05) is 12.1 Å². The Bertz CT molecular complexity index is 975. The van der Waals surface area contributed by atoms with Gasteiger partial charge < -0.3 is 44.5 Å². The number of phenolic OH excluding ortho intramolecular Hbond substituents is 1. The molecule has 4 atom stereocenters. The highest BCUT2D eigenvalue weighted by atomic mass is 16.5. The maximum absolute atomic E-state index is 10.3. The zero-order chi connectivity index (χ0) is 29.3. The first-order chi connectivity index (χ1) is 20.0. The molecule has 9 heteroatoms. The maximum atomic E-state index is 10.3. The first-order valence-corrected chi connectivity index (χ1v) is 14.9. The zero-order valence-corrected chi connectivity index (χ0v) is 25.0. The number of anilines is 1. The van der Waals surface area contributed by atoms with Crippen molar-refractivity contribution in [2.45, 2.75) is 70.1 Å². The van der Waals surface area contributed by atoms with Crippen LogP contribution in [0.5, 0.6) is 5.75 Å². The molecule has 9 nitrogen and oxygen atoms in total. The van der Waals surface area contributed by atoms with Crippen LogP contribution in [0, 0.1) is 0 Å². The number of aliphatic hydroxyl groups is 1. The van der Waals surface area contributed by atoms with E-state index < -0.39 is 6.10 Å². The number of ether oxygens (including phenoxy) is 5. The van der Waals surface area contributed by atoms with E-state index in [0.29, 0.717) is 71.4 Å². The molecule has 1 unspecified atom stereocenters. The lowest BCUT2D eigenvalue weighted by atomic mass is 9.85. The predicted molar refractivity (Wildman–Crippen MR) is 161 cm³/mol. The van der Waals surface area contributed by atoms with Gasteiger partial charge in [-0.15, -0.1) is 0 Å². The van der Waals surface area contributed by atoms with Crippen LogP contribution < -0.4 is 10.6 Å². The van der Waals surface area contributed by atoms with Crippen LogP contribution in [-0.4, -0.2) is 88.8 Å². The van der Waals surface area contributed by atoms with Crippen LogP contribution >= 0.6 is 0 Å². The van der Waals surface area contributed by atoms with E-state index in [4.69, 9.17) is 23.7 Å². The molecular formula is C32H50N2O7. The molecule has 1 saturated heterocycles. The summed E-state index contributed by atoms with van der Waals surface area (Å²) in [4.78, 5) is 0. The molecule has 0 aliphatic carbocycles. The third kappa shape index (κ3) is 11.5. The van der Waals surface area contributed by atoms with Gasteiger partial charge in [0, 0.05) is 59.6 Å². The Hall–Kier alpha value is -2.24. The summed E-state index contributed by atoms with van der Waals surface area (Å²) in [7, 11) is 3.38. The Morgan fingerprint density at radius 2 is 1.61 bits per heavy atom. The Labute approximate surface area is 245 Å². The van der Waals surface area contributed by atoms with E-state index in [2.05, 4.69) is 41.8 Å². The molecule has 1 heterocycles. The van der Waals surface area contributed by atoms with E-state index in [0.717, 1.165) is 36.0 Å². The van der Waals surface area contributed by atoms with Crippen molar-refractivity contribution in [2.24, 2.45) is 0 Å². The molecule has 2 aromatic rings. The second-order valence-electron chi connectivity index (χ2n) is 10.6. The second kappa shape index (κ2) is 19.0. The number of rotatable bonds is 20. The number of hydrogen-bond donors (Lipinski definition) is 4. The van der Waals surface area contributed by atoms with Crippen LogP contribution in [0.4, 0.5) is 5.69 Å². The molecule has 3 rings (SSSR count). The molecule has 4 N–H and O–H groups in total. The molecule has 2 aromatic carbocycles. The van der Waals surface area contributed by atoms with Crippen molar-refractivity contribution in [1.82, 2.24) is 5.32 Å². The SMILES string of the molecule is CCCC(O)CO[C@@H]1CNC[C@H](OCc2ccc(O)c(NCCCOC)c2)[C@H]1c1ccc(COCCCOC)cc1. The summed E-state index contributed by atoms with van der Waals surface area (Å²) in [6.07, 6.45) is 2.58. The molecule has 0 aromatic heterocycles. The summed E-state index contributed by atoms with van der Waals surface area (Å²) < 4.78 is 28.8. The molecule has 0 saturated carbocycles. The number of phenols is 1. The summed E-state index contributed by atoms with van der Waals surface area (Å²) in [5.41, 5.74) is 3.91. The van der Waals surface area contributed by atoms with Crippen molar-refractivity contribution in [1.29, 1.82) is 0 Å². The van der Waals surface area contributed by atoms with Crippen molar-refractivity contribution in [3.63, 3.8) is 0 Å². The Kier molecular flexibility index (Phi) is 15.5. The van der Waals surface area contributed by atoms with Crippen LogP contribution in [0.25, 0.3) is 0 Å². The van der Waals surface area contributed by atoms with Crippen molar-refractivity contribution in [3.05, 3.63) is 59.2 Å². The number of piperidine rings is 1. The lowest BCUT2D eigenvalue weighted by molar-refractivity contribution is -0.0783. The standard InChI is InChI=1S/C32H50N2O7/c1-4-7-27(35)23-41-31-20-33-19-30(32(31)26-11-8-24(9-12-26)21-39-17-6-16-38-3)40-22-25-10-13-29(36)28(18-25)34-14-5-15-37-2/h8-13,18,27,30-36H,4-7,14-17,19-23H2,1-3H3/t27?,30-,31+,32+/m0/s1. The summed E-state index contributed by atoms with van der Waals surface area (Å²) >= 11 is 0. The lowest BCUT2D eigenvalue weighted by Gasteiger charge is -2.39. The highest BCUT2D eigenvalue weighted by Crippen LogP contribution is 2.32. The average molecular weight is 575 g/mol. The number of nitrogens with one attached hydrogen (secondary N) is 2. The van der Waals surface area contributed by atoms with Gasteiger partial charge in [0.25, 0.3) is 0 Å². The van der Waals surface area contributed by atoms with Gasteiger partial charge in [-0.05, 0) is 48.1 Å². The minimum Gasteiger partial charge on any atom is -0.506 e. The molecule has 0 radical (unpaired) electrons. The maximum Gasteiger partial charge on any atom is 0.138 e. The Balaban J connectivity index is 1.69. The molecule has 0 amide bonds. The third-order valence-electron chi connectivity index (χ3n) is 7.25. The molecular weight excluding hydrogens is 524 g/mol. The smallest absolute Gasteiger partial charge is 0.138 e. The second-order valence-corrected chi connectivity index (χ2v) is 10.6. The van der Waals surface area contributed by atoms with Crippen LogP contribution in [0.3, 0.4) is 0 Å².